The molecule has 8 nitrogen and oxygen atoms in total. The van der Waals surface area contributed by atoms with Crippen molar-refractivity contribution in [2.75, 3.05) is 17.3 Å². The molecule has 0 heterocycles. The van der Waals surface area contributed by atoms with E-state index in [1.54, 1.807) is 0 Å². The highest BCUT2D eigenvalue weighted by Gasteiger charge is 2.41. The van der Waals surface area contributed by atoms with Crippen LogP contribution in [-0.4, -0.2) is 84.2 Å². The molecule has 0 aliphatic carbocycles. The molecular weight excluding hydrogens is 324 g/mol. The van der Waals surface area contributed by atoms with Gasteiger partial charge < -0.3 is 20.4 Å². The van der Waals surface area contributed by atoms with E-state index in [4.69, 9.17) is 0 Å². The Morgan fingerprint density at radius 3 is 1.62 bits per heavy atom. The lowest BCUT2D eigenvalue weighted by Gasteiger charge is -2.30. The summed E-state index contributed by atoms with van der Waals surface area (Å²) in [4.78, 5) is 0. The van der Waals surface area contributed by atoms with Gasteiger partial charge in [-0.05, 0) is 6.92 Å². The van der Waals surface area contributed by atoms with Crippen LogP contribution in [-0.2, 0) is 19.7 Å². The molecule has 0 saturated carbocycles. The van der Waals surface area contributed by atoms with Crippen LogP contribution in [0.4, 0.5) is 0 Å². The van der Waals surface area contributed by atoms with E-state index in [-0.39, 0.29) is 5.75 Å². The second-order valence-electron chi connectivity index (χ2n) is 4.90. The van der Waals surface area contributed by atoms with Gasteiger partial charge in [0.1, 0.15) is 23.6 Å². The number of rotatable bonds is 9. The first-order valence-electron chi connectivity index (χ1n) is 6.53. The molecule has 0 bridgehead atoms. The Morgan fingerprint density at radius 1 is 0.810 bits per heavy atom. The number of hydrogen-bond donors (Lipinski definition) is 4. The second-order valence-corrected chi connectivity index (χ2v) is 9.81. The minimum Gasteiger partial charge on any atom is -0.391 e. The molecule has 21 heavy (non-hydrogen) atoms. The van der Waals surface area contributed by atoms with Crippen LogP contribution in [0.3, 0.4) is 0 Å². The SMILES string of the molecule is CCS(=O)(=O)C[C@H]([C@H](O)[C@H](O)[C@@H](O)[C@@H](C)O)S(=O)(=O)CC. The van der Waals surface area contributed by atoms with Gasteiger partial charge in [0.05, 0.1) is 11.9 Å². The lowest BCUT2D eigenvalue weighted by molar-refractivity contribution is -0.0990. The maximum Gasteiger partial charge on any atom is 0.156 e. The first kappa shape index (κ1) is 20.7. The van der Waals surface area contributed by atoms with Crippen LogP contribution in [0.5, 0.6) is 0 Å². The molecule has 0 rings (SSSR count). The third kappa shape index (κ3) is 5.80. The van der Waals surface area contributed by atoms with Crippen molar-refractivity contribution in [3.8, 4) is 0 Å². The fraction of sp³-hybridized carbons (Fsp3) is 1.00. The van der Waals surface area contributed by atoms with Crippen LogP contribution in [0.15, 0.2) is 0 Å². The van der Waals surface area contributed by atoms with E-state index in [2.05, 4.69) is 0 Å². The van der Waals surface area contributed by atoms with Gasteiger partial charge in [-0.1, -0.05) is 13.8 Å². The van der Waals surface area contributed by atoms with Gasteiger partial charge in [0.15, 0.2) is 19.7 Å². The van der Waals surface area contributed by atoms with E-state index >= 15 is 0 Å². The van der Waals surface area contributed by atoms with Crippen molar-refractivity contribution in [2.24, 2.45) is 0 Å². The smallest absolute Gasteiger partial charge is 0.156 e. The standard InChI is InChI=1S/C11H24O8S2/c1-4-20(16,17)6-8(21(18,19)5-2)10(14)11(15)9(13)7(3)12/h7-15H,4-6H2,1-3H3/t7-,8-,9+,10+,11-/m1/s1. The fourth-order valence-electron chi connectivity index (χ4n) is 1.70. The molecule has 5 atom stereocenters. The molecule has 0 aliphatic heterocycles. The Morgan fingerprint density at radius 2 is 1.29 bits per heavy atom. The predicted octanol–water partition coefficient (Wildman–Crippen LogP) is -2.31. The summed E-state index contributed by atoms with van der Waals surface area (Å²) in [5, 5.41) is 36.6. The van der Waals surface area contributed by atoms with Gasteiger partial charge in [-0.15, -0.1) is 0 Å². The van der Waals surface area contributed by atoms with E-state index in [1.165, 1.54) is 13.8 Å². The van der Waals surface area contributed by atoms with E-state index in [0.29, 0.717) is 0 Å². The first-order valence-corrected chi connectivity index (χ1v) is 10.1. The van der Waals surface area contributed by atoms with E-state index in [1.807, 2.05) is 0 Å². The van der Waals surface area contributed by atoms with Crippen LogP contribution in [0.1, 0.15) is 20.8 Å². The highest BCUT2D eigenvalue weighted by molar-refractivity contribution is 7.95. The molecule has 128 valence electrons. The molecule has 0 amide bonds. The first-order chi connectivity index (χ1) is 9.39. The fourth-order valence-corrected chi connectivity index (χ4v) is 5.10. The summed E-state index contributed by atoms with van der Waals surface area (Å²) < 4.78 is 47.2. The molecule has 0 fully saturated rings. The largest absolute Gasteiger partial charge is 0.391 e. The van der Waals surface area contributed by atoms with Gasteiger partial charge in [-0.2, -0.15) is 0 Å². The van der Waals surface area contributed by atoms with Crippen LogP contribution in [0.25, 0.3) is 0 Å². The molecule has 0 aromatic carbocycles. The van der Waals surface area contributed by atoms with Crippen molar-refractivity contribution in [3.05, 3.63) is 0 Å². The lowest BCUT2D eigenvalue weighted by atomic mass is 10.0. The topological polar surface area (TPSA) is 149 Å². The zero-order chi connectivity index (χ0) is 17.0. The van der Waals surface area contributed by atoms with Crippen LogP contribution in [0, 0.1) is 0 Å². The van der Waals surface area contributed by atoms with Gasteiger partial charge in [0.2, 0.25) is 0 Å². The number of aliphatic hydroxyl groups is 4. The molecule has 4 N–H and O–H groups in total. The molecular formula is C11H24O8S2. The van der Waals surface area contributed by atoms with Crippen LogP contribution < -0.4 is 0 Å². The molecule has 10 heteroatoms. The van der Waals surface area contributed by atoms with Gasteiger partial charge in [-0.3, -0.25) is 0 Å². The van der Waals surface area contributed by atoms with Crippen molar-refractivity contribution in [2.45, 2.75) is 50.4 Å². The summed E-state index contributed by atoms with van der Waals surface area (Å²) in [6, 6.07) is 0. The summed E-state index contributed by atoms with van der Waals surface area (Å²) >= 11 is 0. The van der Waals surface area contributed by atoms with Gasteiger partial charge in [0.25, 0.3) is 0 Å². The zero-order valence-electron chi connectivity index (χ0n) is 12.2. The average molecular weight is 348 g/mol. The minimum atomic E-state index is -3.99. The molecule has 0 aromatic rings. The Balaban J connectivity index is 5.52. The van der Waals surface area contributed by atoms with Crippen molar-refractivity contribution in [1.29, 1.82) is 0 Å². The normalized spacial score (nSPS) is 20.5. The third-order valence-corrected chi connectivity index (χ3v) is 7.43. The average Bonchev–Trinajstić information content (AvgIpc) is 2.42. The Kier molecular flexibility index (Phi) is 7.74. The zero-order valence-corrected chi connectivity index (χ0v) is 13.9. The van der Waals surface area contributed by atoms with Crippen molar-refractivity contribution < 1.29 is 37.3 Å². The molecule has 0 radical (unpaired) electrons. The molecule has 0 saturated heterocycles. The lowest BCUT2D eigenvalue weighted by Crippen LogP contribution is -2.53. The van der Waals surface area contributed by atoms with Crippen molar-refractivity contribution in [1.82, 2.24) is 0 Å². The quantitative estimate of drug-likeness (QED) is 0.363. The summed E-state index contributed by atoms with van der Waals surface area (Å²) in [6.45, 7) is 3.76. The van der Waals surface area contributed by atoms with Crippen molar-refractivity contribution >= 4 is 19.7 Å². The van der Waals surface area contributed by atoms with E-state index < -0.39 is 60.8 Å². The monoisotopic (exact) mass is 348 g/mol. The molecule has 0 spiro atoms. The summed E-state index contributed by atoms with van der Waals surface area (Å²) in [5.41, 5.74) is 0. The third-order valence-electron chi connectivity index (χ3n) is 3.30. The van der Waals surface area contributed by atoms with E-state index in [0.717, 1.165) is 6.92 Å². The van der Waals surface area contributed by atoms with E-state index in [9.17, 15) is 37.3 Å². The summed E-state index contributed by atoms with van der Waals surface area (Å²) in [6.07, 6.45) is -7.22. The Bertz CT molecular complexity index is 510. The molecule has 0 aliphatic rings. The Labute approximate surface area is 125 Å². The highest BCUT2D eigenvalue weighted by Crippen LogP contribution is 2.17. The highest BCUT2D eigenvalue weighted by atomic mass is 32.2. The second kappa shape index (κ2) is 7.84. The minimum absolute atomic E-state index is 0.315. The van der Waals surface area contributed by atoms with Crippen LogP contribution in [0.2, 0.25) is 0 Å². The molecule has 0 unspecified atom stereocenters. The number of aliphatic hydroxyl groups excluding tert-OH is 4. The number of hydrogen-bond acceptors (Lipinski definition) is 8. The van der Waals surface area contributed by atoms with Gasteiger partial charge in [-0.25, -0.2) is 16.8 Å². The van der Waals surface area contributed by atoms with Gasteiger partial charge in [0, 0.05) is 11.5 Å². The van der Waals surface area contributed by atoms with Gasteiger partial charge >= 0.3 is 0 Å². The maximum atomic E-state index is 12.0. The number of sulfone groups is 2. The molecule has 0 aromatic heterocycles. The van der Waals surface area contributed by atoms with Crippen LogP contribution >= 0.6 is 0 Å². The predicted molar refractivity (Wildman–Crippen MR) is 77.3 cm³/mol. The summed E-state index contributed by atoms with van der Waals surface area (Å²) in [7, 11) is -7.72. The Hall–Kier alpha value is -0.260. The summed E-state index contributed by atoms with van der Waals surface area (Å²) in [5.74, 6) is -1.60. The maximum absolute atomic E-state index is 12.0. The van der Waals surface area contributed by atoms with Crippen molar-refractivity contribution in [3.63, 3.8) is 0 Å².